The molecule has 1 saturated heterocycles. The second-order valence-electron chi connectivity index (χ2n) is 4.71. The molecule has 0 saturated carbocycles. The lowest BCUT2D eigenvalue weighted by Crippen LogP contribution is -2.38. The van der Waals surface area contributed by atoms with Crippen LogP contribution in [0.15, 0.2) is 35.2 Å². The van der Waals surface area contributed by atoms with Crippen molar-refractivity contribution >= 4 is 15.9 Å². The number of benzene rings is 1. The molecule has 110 valence electrons. The summed E-state index contributed by atoms with van der Waals surface area (Å²) in [6.07, 6.45) is 1.52. The highest BCUT2D eigenvalue weighted by Crippen LogP contribution is 2.26. The van der Waals surface area contributed by atoms with Crippen molar-refractivity contribution in [2.45, 2.75) is 23.8 Å². The van der Waals surface area contributed by atoms with Gasteiger partial charge in [0.05, 0.1) is 11.5 Å². The molecule has 1 atom stereocenters. The van der Waals surface area contributed by atoms with Gasteiger partial charge in [-0.05, 0) is 25.0 Å². The zero-order valence-electron chi connectivity index (χ0n) is 11.1. The first-order chi connectivity index (χ1) is 9.51. The minimum absolute atomic E-state index is 0.185. The minimum atomic E-state index is -3.50. The number of hydrogen-bond acceptors (Lipinski definition) is 4. The van der Waals surface area contributed by atoms with Gasteiger partial charge in [-0.25, -0.2) is 8.42 Å². The second kappa shape index (κ2) is 6.34. The van der Waals surface area contributed by atoms with Crippen molar-refractivity contribution < 1.29 is 17.9 Å². The Bertz CT molecular complexity index is 559. The summed E-state index contributed by atoms with van der Waals surface area (Å²) in [4.78, 5) is 10.9. The number of rotatable bonds is 6. The van der Waals surface area contributed by atoms with Crippen molar-refractivity contribution in [3.63, 3.8) is 0 Å². The fourth-order valence-electron chi connectivity index (χ4n) is 2.32. The largest absolute Gasteiger partial charge is 0.370 e. The van der Waals surface area contributed by atoms with Crippen LogP contribution in [0.25, 0.3) is 0 Å². The molecule has 1 aromatic carbocycles. The Morgan fingerprint density at radius 1 is 1.35 bits per heavy atom. The summed E-state index contributed by atoms with van der Waals surface area (Å²) in [5.74, 6) is -0.555. The van der Waals surface area contributed by atoms with E-state index in [0.717, 1.165) is 12.8 Å². The van der Waals surface area contributed by atoms with E-state index in [1.165, 1.54) is 4.31 Å². The fourth-order valence-corrected chi connectivity index (χ4v) is 4.02. The van der Waals surface area contributed by atoms with Gasteiger partial charge in [-0.3, -0.25) is 4.79 Å². The lowest BCUT2D eigenvalue weighted by atomic mass is 10.2. The van der Waals surface area contributed by atoms with Crippen molar-refractivity contribution in [3.8, 4) is 0 Å². The van der Waals surface area contributed by atoms with Crippen LogP contribution >= 0.6 is 0 Å². The highest BCUT2D eigenvalue weighted by Gasteiger charge is 2.35. The molecule has 1 fully saturated rings. The monoisotopic (exact) mass is 298 g/mol. The summed E-state index contributed by atoms with van der Waals surface area (Å²) in [6, 6.07) is 8.09. The average molecular weight is 298 g/mol. The zero-order chi connectivity index (χ0) is 14.6. The number of amides is 1. The predicted octanol–water partition coefficient (Wildman–Crippen LogP) is 0.342. The van der Waals surface area contributed by atoms with Gasteiger partial charge in [0.2, 0.25) is 15.9 Å². The van der Waals surface area contributed by atoms with Crippen LogP contribution in [0.4, 0.5) is 0 Å². The molecular formula is C13H18N2O4S. The maximum atomic E-state index is 12.5. The molecule has 1 heterocycles. The molecule has 0 spiro atoms. The molecule has 7 heteroatoms. The molecule has 1 aliphatic heterocycles. The van der Waals surface area contributed by atoms with Crippen molar-refractivity contribution in [2.75, 3.05) is 19.8 Å². The van der Waals surface area contributed by atoms with Gasteiger partial charge in [0.1, 0.15) is 6.61 Å². The summed E-state index contributed by atoms with van der Waals surface area (Å²) in [5.41, 5.74) is 4.99. The predicted molar refractivity (Wildman–Crippen MR) is 73.4 cm³/mol. The van der Waals surface area contributed by atoms with Crippen LogP contribution < -0.4 is 5.73 Å². The standard InChI is InChI=1S/C13H18N2O4S/c14-13(16)10-19-9-11-5-4-8-15(11)20(17,18)12-6-2-1-3-7-12/h1-3,6-7,11H,4-5,8-10H2,(H2,14,16). The van der Waals surface area contributed by atoms with Gasteiger partial charge in [0, 0.05) is 12.6 Å². The highest BCUT2D eigenvalue weighted by atomic mass is 32.2. The maximum Gasteiger partial charge on any atom is 0.243 e. The molecule has 0 aromatic heterocycles. The number of primary amides is 1. The molecule has 0 radical (unpaired) electrons. The average Bonchev–Trinajstić information content (AvgIpc) is 2.88. The molecule has 2 rings (SSSR count). The molecule has 6 nitrogen and oxygen atoms in total. The minimum Gasteiger partial charge on any atom is -0.370 e. The summed E-state index contributed by atoms with van der Waals surface area (Å²) in [7, 11) is -3.50. The number of hydrogen-bond donors (Lipinski definition) is 1. The van der Waals surface area contributed by atoms with Crippen LogP contribution in [0, 0.1) is 0 Å². The molecule has 20 heavy (non-hydrogen) atoms. The van der Waals surface area contributed by atoms with Crippen molar-refractivity contribution in [2.24, 2.45) is 5.73 Å². The molecule has 0 bridgehead atoms. The number of carbonyl (C=O) groups excluding carboxylic acids is 1. The van der Waals surface area contributed by atoms with Gasteiger partial charge in [-0.1, -0.05) is 18.2 Å². The molecule has 1 amide bonds. The van der Waals surface area contributed by atoms with E-state index in [2.05, 4.69) is 0 Å². The molecule has 2 N–H and O–H groups in total. The van der Waals surface area contributed by atoms with Gasteiger partial charge >= 0.3 is 0 Å². The van der Waals surface area contributed by atoms with Gasteiger partial charge in [-0.15, -0.1) is 0 Å². The molecular weight excluding hydrogens is 280 g/mol. The van der Waals surface area contributed by atoms with Crippen molar-refractivity contribution in [1.82, 2.24) is 4.31 Å². The third-order valence-corrected chi connectivity index (χ3v) is 5.19. The second-order valence-corrected chi connectivity index (χ2v) is 6.60. The summed E-state index contributed by atoms with van der Waals surface area (Å²) in [5, 5.41) is 0. The van der Waals surface area contributed by atoms with E-state index < -0.39 is 15.9 Å². The van der Waals surface area contributed by atoms with Crippen molar-refractivity contribution in [1.29, 1.82) is 0 Å². The van der Waals surface area contributed by atoms with E-state index in [0.29, 0.717) is 6.54 Å². The van der Waals surface area contributed by atoms with Crippen LogP contribution in [0.2, 0.25) is 0 Å². The SMILES string of the molecule is NC(=O)COCC1CCCN1S(=O)(=O)c1ccccc1. The van der Waals surface area contributed by atoms with E-state index in [-0.39, 0.29) is 24.2 Å². The highest BCUT2D eigenvalue weighted by molar-refractivity contribution is 7.89. The Kier molecular flexibility index (Phi) is 4.74. The smallest absolute Gasteiger partial charge is 0.243 e. The molecule has 0 aliphatic carbocycles. The first-order valence-electron chi connectivity index (χ1n) is 6.45. The van der Waals surface area contributed by atoms with Gasteiger partial charge in [-0.2, -0.15) is 4.31 Å². The van der Waals surface area contributed by atoms with Crippen molar-refractivity contribution in [3.05, 3.63) is 30.3 Å². The topological polar surface area (TPSA) is 89.7 Å². The third-order valence-electron chi connectivity index (χ3n) is 3.23. The first kappa shape index (κ1) is 15.0. The Morgan fingerprint density at radius 2 is 2.05 bits per heavy atom. The summed E-state index contributed by atoms with van der Waals surface area (Å²) in [6.45, 7) is 0.479. The van der Waals surface area contributed by atoms with Crippen LogP contribution in [0.3, 0.4) is 0 Å². The van der Waals surface area contributed by atoms with Crippen LogP contribution in [0.5, 0.6) is 0 Å². The number of nitrogens with zero attached hydrogens (tertiary/aromatic N) is 1. The van der Waals surface area contributed by atoms with E-state index >= 15 is 0 Å². The maximum absolute atomic E-state index is 12.5. The zero-order valence-corrected chi connectivity index (χ0v) is 11.9. The van der Waals surface area contributed by atoms with Gasteiger partial charge in [0.25, 0.3) is 0 Å². The Hall–Kier alpha value is -1.44. The fraction of sp³-hybridized carbons (Fsp3) is 0.462. The number of sulfonamides is 1. The Labute approximate surface area is 118 Å². The van der Waals surface area contributed by atoms with Crippen LogP contribution in [-0.4, -0.2) is 44.4 Å². The van der Waals surface area contributed by atoms with E-state index in [1.807, 2.05) is 0 Å². The summed E-state index contributed by atoms with van der Waals surface area (Å²) < 4.78 is 31.6. The molecule has 1 aromatic rings. The number of carbonyl (C=O) groups is 1. The number of ether oxygens (including phenoxy) is 1. The van der Waals surface area contributed by atoms with Crippen LogP contribution in [0.1, 0.15) is 12.8 Å². The summed E-state index contributed by atoms with van der Waals surface area (Å²) >= 11 is 0. The third kappa shape index (κ3) is 3.36. The normalized spacial score (nSPS) is 20.1. The van der Waals surface area contributed by atoms with E-state index in [4.69, 9.17) is 10.5 Å². The quantitative estimate of drug-likeness (QED) is 0.820. The molecule has 1 aliphatic rings. The first-order valence-corrected chi connectivity index (χ1v) is 7.89. The van der Waals surface area contributed by atoms with E-state index in [9.17, 15) is 13.2 Å². The van der Waals surface area contributed by atoms with E-state index in [1.54, 1.807) is 30.3 Å². The number of nitrogens with two attached hydrogens (primary N) is 1. The van der Waals surface area contributed by atoms with Crippen LogP contribution in [-0.2, 0) is 19.6 Å². The lowest BCUT2D eigenvalue weighted by molar-refractivity contribution is -0.122. The Balaban J connectivity index is 2.08. The van der Waals surface area contributed by atoms with Gasteiger partial charge < -0.3 is 10.5 Å². The Morgan fingerprint density at radius 3 is 2.70 bits per heavy atom. The lowest BCUT2D eigenvalue weighted by Gasteiger charge is -2.23. The molecule has 1 unspecified atom stereocenters. The van der Waals surface area contributed by atoms with Gasteiger partial charge in [0.15, 0.2) is 0 Å².